The molecular weight excluding hydrogens is 252 g/mol. The zero-order valence-electron chi connectivity index (χ0n) is 10.5. The summed E-state index contributed by atoms with van der Waals surface area (Å²) < 4.78 is 6.81. The Bertz CT molecular complexity index is 662. The van der Waals surface area contributed by atoms with E-state index in [-0.39, 0.29) is 11.6 Å². The number of rotatable bonds is 2. The van der Waals surface area contributed by atoms with Crippen molar-refractivity contribution in [2.24, 2.45) is 12.8 Å². The molecule has 1 unspecified atom stereocenters. The maximum absolute atomic E-state index is 12.2. The van der Waals surface area contributed by atoms with Gasteiger partial charge in [-0.05, 0) is 25.1 Å². The molecule has 2 rings (SSSR count). The molecule has 0 saturated carbocycles. The summed E-state index contributed by atoms with van der Waals surface area (Å²) in [7, 11) is 3.27. The quantitative estimate of drug-likeness (QED) is 0.907. The monoisotopic (exact) mass is 266 g/mol. The van der Waals surface area contributed by atoms with Gasteiger partial charge in [0.25, 0.3) is 5.56 Å². The molecule has 0 bridgehead atoms. The molecule has 5 heteroatoms. The molecule has 18 heavy (non-hydrogen) atoms. The van der Waals surface area contributed by atoms with Crippen LogP contribution in [0.4, 0.5) is 0 Å². The number of ether oxygens (including phenoxy) is 1. The molecule has 0 aliphatic carbocycles. The molecule has 2 N–H and O–H groups in total. The summed E-state index contributed by atoms with van der Waals surface area (Å²) in [6.07, 6.45) is 0. The fourth-order valence-corrected chi connectivity index (χ4v) is 2.35. The number of nitrogens with two attached hydrogens (primary N) is 1. The van der Waals surface area contributed by atoms with Crippen LogP contribution in [0.5, 0.6) is 5.75 Å². The summed E-state index contributed by atoms with van der Waals surface area (Å²) in [5.74, 6) is 0.673. The summed E-state index contributed by atoms with van der Waals surface area (Å²) in [5, 5.41) is 1.31. The van der Waals surface area contributed by atoms with Crippen molar-refractivity contribution in [2.45, 2.75) is 13.0 Å². The van der Waals surface area contributed by atoms with Gasteiger partial charge in [-0.15, -0.1) is 0 Å². The number of pyridine rings is 1. The Morgan fingerprint density at radius 3 is 2.67 bits per heavy atom. The molecule has 0 amide bonds. The molecular formula is C13H15ClN2O2. The molecule has 0 aliphatic heterocycles. The van der Waals surface area contributed by atoms with Crippen LogP contribution < -0.4 is 16.0 Å². The average molecular weight is 267 g/mol. The van der Waals surface area contributed by atoms with Gasteiger partial charge >= 0.3 is 0 Å². The molecule has 0 radical (unpaired) electrons. The number of nitrogens with zero attached hydrogens (tertiary/aromatic N) is 1. The third-order valence-electron chi connectivity index (χ3n) is 3.03. The number of hydrogen-bond donors (Lipinski definition) is 1. The summed E-state index contributed by atoms with van der Waals surface area (Å²) in [4.78, 5) is 12.2. The van der Waals surface area contributed by atoms with E-state index in [9.17, 15) is 4.79 Å². The Morgan fingerprint density at radius 1 is 1.44 bits per heavy atom. The van der Waals surface area contributed by atoms with Crippen molar-refractivity contribution < 1.29 is 4.74 Å². The van der Waals surface area contributed by atoms with E-state index in [1.165, 1.54) is 4.57 Å². The minimum atomic E-state index is -0.336. The molecule has 1 aromatic heterocycles. The van der Waals surface area contributed by atoms with Crippen molar-refractivity contribution in [3.05, 3.63) is 39.1 Å². The standard InChI is InChI=1S/C13H15ClN2O2/c1-7(15)8-6-9-11(18-3)5-4-10(14)12(9)16(2)13(8)17/h4-7H,15H2,1-3H3. The third-order valence-corrected chi connectivity index (χ3v) is 3.33. The Hall–Kier alpha value is -1.52. The molecule has 1 atom stereocenters. The minimum absolute atomic E-state index is 0.132. The second kappa shape index (κ2) is 4.63. The van der Waals surface area contributed by atoms with Gasteiger partial charge in [-0.2, -0.15) is 0 Å². The lowest BCUT2D eigenvalue weighted by Crippen LogP contribution is -2.25. The van der Waals surface area contributed by atoms with Crippen LogP contribution in [0.3, 0.4) is 0 Å². The fraction of sp³-hybridized carbons (Fsp3) is 0.308. The number of aromatic nitrogens is 1. The predicted molar refractivity (Wildman–Crippen MR) is 73.4 cm³/mol. The van der Waals surface area contributed by atoms with E-state index in [4.69, 9.17) is 22.1 Å². The van der Waals surface area contributed by atoms with Gasteiger partial charge in [0.2, 0.25) is 0 Å². The number of methoxy groups -OCH3 is 1. The normalized spacial score (nSPS) is 12.7. The van der Waals surface area contributed by atoms with Crippen LogP contribution in [-0.4, -0.2) is 11.7 Å². The molecule has 0 spiro atoms. The van der Waals surface area contributed by atoms with Gasteiger partial charge in [0, 0.05) is 24.0 Å². The molecule has 2 aromatic rings. The van der Waals surface area contributed by atoms with Gasteiger partial charge in [-0.1, -0.05) is 11.6 Å². The summed E-state index contributed by atoms with van der Waals surface area (Å²) >= 11 is 6.15. The summed E-state index contributed by atoms with van der Waals surface area (Å²) in [6.45, 7) is 1.78. The number of benzene rings is 1. The van der Waals surface area contributed by atoms with Crippen LogP contribution in [0.1, 0.15) is 18.5 Å². The Balaban J connectivity index is 2.99. The first-order valence-electron chi connectivity index (χ1n) is 5.59. The topological polar surface area (TPSA) is 57.2 Å². The van der Waals surface area contributed by atoms with Crippen LogP contribution in [0.15, 0.2) is 23.0 Å². The lowest BCUT2D eigenvalue weighted by Gasteiger charge is -2.14. The Morgan fingerprint density at radius 2 is 2.11 bits per heavy atom. The van der Waals surface area contributed by atoms with Crippen molar-refractivity contribution in [3.63, 3.8) is 0 Å². The van der Waals surface area contributed by atoms with Gasteiger partial charge in [0.1, 0.15) is 5.75 Å². The van der Waals surface area contributed by atoms with Crippen molar-refractivity contribution in [1.82, 2.24) is 4.57 Å². The third kappa shape index (κ3) is 1.87. The SMILES string of the molecule is COc1ccc(Cl)c2c1cc(C(C)N)c(=O)n2C. The second-order valence-corrected chi connectivity index (χ2v) is 4.67. The molecule has 4 nitrogen and oxygen atoms in total. The van der Waals surface area contributed by atoms with Crippen LogP contribution in [0.25, 0.3) is 10.9 Å². The molecule has 0 aliphatic rings. The highest BCUT2D eigenvalue weighted by molar-refractivity contribution is 6.35. The highest BCUT2D eigenvalue weighted by Gasteiger charge is 2.14. The van der Waals surface area contributed by atoms with E-state index in [0.29, 0.717) is 21.9 Å². The maximum atomic E-state index is 12.2. The number of aryl methyl sites for hydroxylation is 1. The number of halogens is 1. The largest absolute Gasteiger partial charge is 0.496 e. The van der Waals surface area contributed by atoms with Crippen LogP contribution in [0, 0.1) is 0 Å². The molecule has 1 aromatic carbocycles. The zero-order chi connectivity index (χ0) is 13.4. The first-order chi connectivity index (χ1) is 8.47. The van der Waals surface area contributed by atoms with Crippen molar-refractivity contribution in [3.8, 4) is 5.75 Å². The van der Waals surface area contributed by atoms with E-state index >= 15 is 0 Å². The molecule has 0 fully saturated rings. The van der Waals surface area contributed by atoms with Gasteiger partial charge in [0.15, 0.2) is 0 Å². The zero-order valence-corrected chi connectivity index (χ0v) is 11.3. The summed E-state index contributed by atoms with van der Waals surface area (Å²) in [5.41, 5.74) is 6.89. The molecule has 1 heterocycles. The maximum Gasteiger partial charge on any atom is 0.255 e. The van der Waals surface area contributed by atoms with Gasteiger partial charge in [-0.3, -0.25) is 4.79 Å². The highest BCUT2D eigenvalue weighted by atomic mass is 35.5. The Labute approximate surface area is 110 Å². The van der Waals surface area contributed by atoms with Gasteiger partial charge in [-0.25, -0.2) is 0 Å². The fourth-order valence-electron chi connectivity index (χ4n) is 2.06. The summed E-state index contributed by atoms with van der Waals surface area (Å²) in [6, 6.07) is 4.91. The van der Waals surface area contributed by atoms with E-state index in [1.807, 2.05) is 0 Å². The second-order valence-electron chi connectivity index (χ2n) is 4.26. The smallest absolute Gasteiger partial charge is 0.255 e. The highest BCUT2D eigenvalue weighted by Crippen LogP contribution is 2.31. The number of hydrogen-bond acceptors (Lipinski definition) is 3. The first kappa shape index (κ1) is 12.9. The Kier molecular flexibility index (Phi) is 3.32. The van der Waals surface area contributed by atoms with E-state index in [0.717, 1.165) is 5.39 Å². The minimum Gasteiger partial charge on any atom is -0.496 e. The van der Waals surface area contributed by atoms with Crippen LogP contribution in [-0.2, 0) is 7.05 Å². The van der Waals surface area contributed by atoms with Crippen molar-refractivity contribution >= 4 is 22.5 Å². The van der Waals surface area contributed by atoms with Crippen molar-refractivity contribution in [1.29, 1.82) is 0 Å². The average Bonchev–Trinajstić information content (AvgIpc) is 2.33. The lowest BCUT2D eigenvalue weighted by atomic mass is 10.1. The van der Waals surface area contributed by atoms with Gasteiger partial charge < -0.3 is 15.0 Å². The first-order valence-corrected chi connectivity index (χ1v) is 5.97. The lowest BCUT2D eigenvalue weighted by molar-refractivity contribution is 0.419. The van der Waals surface area contributed by atoms with Crippen molar-refractivity contribution in [2.75, 3.05) is 7.11 Å². The van der Waals surface area contributed by atoms with E-state index in [2.05, 4.69) is 0 Å². The van der Waals surface area contributed by atoms with Crippen LogP contribution in [0.2, 0.25) is 5.02 Å². The van der Waals surface area contributed by atoms with E-state index in [1.54, 1.807) is 39.3 Å². The molecule has 0 saturated heterocycles. The van der Waals surface area contributed by atoms with Gasteiger partial charge in [0.05, 0.1) is 17.6 Å². The number of fused-ring (bicyclic) bond motifs is 1. The predicted octanol–water partition coefficient (Wildman–Crippen LogP) is 2.22. The van der Waals surface area contributed by atoms with Crippen LogP contribution >= 0.6 is 11.6 Å². The molecule has 96 valence electrons. The van der Waals surface area contributed by atoms with E-state index < -0.39 is 0 Å².